The zero-order valence-corrected chi connectivity index (χ0v) is 14.7. The van der Waals surface area contributed by atoms with Gasteiger partial charge in [0, 0.05) is 12.0 Å². The van der Waals surface area contributed by atoms with Crippen LogP contribution < -0.4 is 5.32 Å². The third kappa shape index (κ3) is 3.74. The molecule has 0 saturated carbocycles. The number of nitrogens with zero attached hydrogens (tertiary/aromatic N) is 1. The number of hydrogen-bond donors (Lipinski definition) is 2. The number of carboxylic acids is 1. The molecule has 6 heteroatoms. The Kier molecular flexibility index (Phi) is 5.02. The van der Waals surface area contributed by atoms with E-state index in [1.54, 1.807) is 19.1 Å². The molecule has 6 nitrogen and oxygen atoms in total. The first-order valence-electron chi connectivity index (χ1n) is 8.38. The minimum Gasteiger partial charge on any atom is -0.479 e. The molecule has 0 bridgehead atoms. The van der Waals surface area contributed by atoms with Gasteiger partial charge in [-0.15, -0.1) is 0 Å². The Morgan fingerprint density at radius 3 is 2.54 bits per heavy atom. The molecule has 2 aromatic carbocycles. The van der Waals surface area contributed by atoms with E-state index >= 15 is 0 Å². The van der Waals surface area contributed by atoms with Crippen LogP contribution in [0.25, 0.3) is 10.8 Å². The van der Waals surface area contributed by atoms with E-state index < -0.39 is 12.0 Å². The molecule has 3 aromatic rings. The van der Waals surface area contributed by atoms with E-state index in [-0.39, 0.29) is 12.3 Å². The molecule has 0 aliphatic heterocycles. The van der Waals surface area contributed by atoms with Gasteiger partial charge in [0.2, 0.25) is 5.91 Å². The summed E-state index contributed by atoms with van der Waals surface area (Å²) < 4.78 is 5.08. The highest BCUT2D eigenvalue weighted by Gasteiger charge is 2.22. The number of rotatable bonds is 6. The smallest absolute Gasteiger partial charge is 0.330 e. The van der Waals surface area contributed by atoms with Crippen molar-refractivity contribution in [2.75, 3.05) is 0 Å². The van der Waals surface area contributed by atoms with Gasteiger partial charge in [-0.05, 0) is 42.7 Å². The van der Waals surface area contributed by atoms with Crippen molar-refractivity contribution in [1.29, 1.82) is 0 Å². The lowest BCUT2D eigenvalue weighted by Crippen LogP contribution is -2.33. The van der Waals surface area contributed by atoms with Gasteiger partial charge < -0.3 is 14.9 Å². The summed E-state index contributed by atoms with van der Waals surface area (Å²) in [5.74, 6) is -0.740. The van der Waals surface area contributed by atoms with E-state index in [9.17, 15) is 14.7 Å². The zero-order chi connectivity index (χ0) is 18.7. The summed E-state index contributed by atoms with van der Waals surface area (Å²) in [5.41, 5.74) is 2.18. The van der Waals surface area contributed by atoms with Crippen molar-refractivity contribution in [3.8, 4) is 0 Å². The fourth-order valence-corrected chi connectivity index (χ4v) is 3.01. The Morgan fingerprint density at radius 1 is 1.15 bits per heavy atom. The second-order valence-electron chi connectivity index (χ2n) is 6.25. The number of aliphatic carboxylic acids is 1. The van der Waals surface area contributed by atoms with Crippen molar-refractivity contribution in [3.63, 3.8) is 0 Å². The average molecular weight is 352 g/mol. The molecule has 1 unspecified atom stereocenters. The van der Waals surface area contributed by atoms with Crippen LogP contribution >= 0.6 is 0 Å². The lowest BCUT2D eigenvalue weighted by atomic mass is 10.0. The molecule has 1 atom stereocenters. The van der Waals surface area contributed by atoms with Crippen molar-refractivity contribution in [2.45, 2.75) is 32.7 Å². The summed E-state index contributed by atoms with van der Waals surface area (Å²) in [7, 11) is 0. The topological polar surface area (TPSA) is 92.4 Å². The van der Waals surface area contributed by atoms with Crippen molar-refractivity contribution < 1.29 is 19.2 Å². The number of aromatic nitrogens is 1. The minimum atomic E-state index is -1.09. The summed E-state index contributed by atoms with van der Waals surface area (Å²) in [5, 5.41) is 18.0. The van der Waals surface area contributed by atoms with E-state index in [4.69, 9.17) is 4.52 Å². The lowest BCUT2D eigenvalue weighted by Gasteiger charge is -2.15. The number of carboxylic acid groups (broad SMARTS) is 1. The first-order valence-corrected chi connectivity index (χ1v) is 8.38. The van der Waals surface area contributed by atoms with Crippen molar-refractivity contribution in [1.82, 2.24) is 10.5 Å². The molecule has 0 spiro atoms. The van der Waals surface area contributed by atoms with E-state index in [2.05, 4.69) is 10.5 Å². The van der Waals surface area contributed by atoms with E-state index in [1.807, 2.05) is 37.3 Å². The molecule has 0 aliphatic rings. The molecule has 0 saturated heterocycles. The molecule has 1 aromatic heterocycles. The SMILES string of the molecule is Cc1noc(C)c1CCC(=O)NC(C(=O)O)c1ccc2ccccc2c1. The van der Waals surface area contributed by atoms with Crippen LogP contribution in [0.4, 0.5) is 0 Å². The fraction of sp³-hybridized carbons (Fsp3) is 0.250. The summed E-state index contributed by atoms with van der Waals surface area (Å²) in [6.45, 7) is 3.61. The maximum absolute atomic E-state index is 12.3. The van der Waals surface area contributed by atoms with Gasteiger partial charge in [-0.1, -0.05) is 41.6 Å². The standard InChI is InChI=1S/C20H20N2O4/c1-12-17(13(2)26-22-12)9-10-18(23)21-19(20(24)25)16-8-7-14-5-3-4-6-15(14)11-16/h3-8,11,19H,9-10H2,1-2H3,(H,21,23)(H,24,25). The second kappa shape index (κ2) is 7.39. The number of nitrogens with one attached hydrogen (secondary N) is 1. The van der Waals surface area contributed by atoms with Crippen LogP contribution in [-0.2, 0) is 16.0 Å². The van der Waals surface area contributed by atoms with Gasteiger partial charge >= 0.3 is 5.97 Å². The maximum Gasteiger partial charge on any atom is 0.330 e. The van der Waals surface area contributed by atoms with Gasteiger partial charge in [0.05, 0.1) is 5.69 Å². The third-order valence-corrected chi connectivity index (χ3v) is 4.44. The molecular formula is C20H20N2O4. The van der Waals surface area contributed by atoms with Gasteiger partial charge in [0.25, 0.3) is 0 Å². The molecule has 134 valence electrons. The van der Waals surface area contributed by atoms with Gasteiger partial charge in [-0.25, -0.2) is 4.79 Å². The summed E-state index contributed by atoms with van der Waals surface area (Å²) >= 11 is 0. The van der Waals surface area contributed by atoms with Gasteiger partial charge in [-0.3, -0.25) is 4.79 Å². The van der Waals surface area contributed by atoms with Crippen LogP contribution in [0, 0.1) is 13.8 Å². The Morgan fingerprint density at radius 2 is 1.88 bits per heavy atom. The largest absolute Gasteiger partial charge is 0.479 e. The minimum absolute atomic E-state index is 0.167. The Balaban J connectivity index is 1.73. The first-order chi connectivity index (χ1) is 12.5. The first kappa shape index (κ1) is 17.7. The number of hydrogen-bond acceptors (Lipinski definition) is 4. The monoisotopic (exact) mass is 352 g/mol. The van der Waals surface area contributed by atoms with Gasteiger partial charge in [-0.2, -0.15) is 0 Å². The molecule has 1 heterocycles. The number of benzene rings is 2. The summed E-state index contributed by atoms with van der Waals surface area (Å²) in [6, 6.07) is 12.0. The zero-order valence-electron chi connectivity index (χ0n) is 14.7. The van der Waals surface area contributed by atoms with Crippen LogP contribution in [0.1, 0.15) is 35.0 Å². The number of fused-ring (bicyclic) bond motifs is 1. The number of amides is 1. The van der Waals surface area contributed by atoms with E-state index in [1.165, 1.54) is 0 Å². The Labute approximate surface area is 150 Å². The van der Waals surface area contributed by atoms with Crippen molar-refractivity contribution >= 4 is 22.6 Å². The highest BCUT2D eigenvalue weighted by atomic mass is 16.5. The summed E-state index contributed by atoms with van der Waals surface area (Å²) in [6.07, 6.45) is 0.622. The molecule has 0 aliphatic carbocycles. The fourth-order valence-electron chi connectivity index (χ4n) is 3.01. The number of aryl methyl sites for hydroxylation is 2. The van der Waals surface area contributed by atoms with E-state index in [0.717, 1.165) is 22.0 Å². The molecule has 0 fully saturated rings. The third-order valence-electron chi connectivity index (χ3n) is 4.44. The highest BCUT2D eigenvalue weighted by molar-refractivity contribution is 5.88. The Bertz CT molecular complexity index is 942. The quantitative estimate of drug-likeness (QED) is 0.710. The second-order valence-corrected chi connectivity index (χ2v) is 6.25. The summed E-state index contributed by atoms with van der Waals surface area (Å²) in [4.78, 5) is 24.0. The molecule has 1 amide bonds. The lowest BCUT2D eigenvalue weighted by molar-refractivity contribution is -0.142. The highest BCUT2D eigenvalue weighted by Crippen LogP contribution is 2.21. The number of carbonyl (C=O) groups excluding carboxylic acids is 1. The van der Waals surface area contributed by atoms with Crippen LogP contribution in [0.15, 0.2) is 47.0 Å². The molecular weight excluding hydrogens is 332 g/mol. The van der Waals surface area contributed by atoms with Gasteiger partial charge in [0.1, 0.15) is 5.76 Å². The molecule has 2 N–H and O–H groups in total. The van der Waals surface area contributed by atoms with Crippen LogP contribution in [0.2, 0.25) is 0 Å². The normalized spacial score (nSPS) is 12.1. The van der Waals surface area contributed by atoms with Crippen LogP contribution in [0.5, 0.6) is 0 Å². The maximum atomic E-state index is 12.3. The number of carbonyl (C=O) groups is 2. The van der Waals surface area contributed by atoms with Crippen LogP contribution in [0.3, 0.4) is 0 Å². The van der Waals surface area contributed by atoms with Crippen molar-refractivity contribution in [2.24, 2.45) is 0 Å². The van der Waals surface area contributed by atoms with Crippen LogP contribution in [-0.4, -0.2) is 22.1 Å². The predicted octanol–water partition coefficient (Wildman–Crippen LogP) is 3.32. The molecule has 3 rings (SSSR count). The average Bonchev–Trinajstić information content (AvgIpc) is 2.95. The predicted molar refractivity (Wildman–Crippen MR) is 96.8 cm³/mol. The Hall–Kier alpha value is -3.15. The van der Waals surface area contributed by atoms with Crippen molar-refractivity contribution in [3.05, 3.63) is 65.0 Å². The van der Waals surface area contributed by atoms with Gasteiger partial charge in [0.15, 0.2) is 6.04 Å². The van der Waals surface area contributed by atoms with E-state index in [0.29, 0.717) is 17.7 Å². The molecule has 0 radical (unpaired) electrons. The molecule has 26 heavy (non-hydrogen) atoms.